The Labute approximate surface area is 115 Å². The normalized spacial score (nSPS) is 17.5. The zero-order chi connectivity index (χ0) is 14.8. The summed E-state index contributed by atoms with van der Waals surface area (Å²) in [5.74, 6) is -2.02. The van der Waals surface area contributed by atoms with Gasteiger partial charge < -0.3 is 15.2 Å². The fourth-order valence-corrected chi connectivity index (χ4v) is 2.28. The van der Waals surface area contributed by atoms with E-state index in [0.717, 1.165) is 0 Å². The lowest BCUT2D eigenvalue weighted by Crippen LogP contribution is -2.57. The van der Waals surface area contributed by atoms with Crippen LogP contribution < -0.4 is 5.32 Å². The first-order chi connectivity index (χ1) is 9.44. The van der Waals surface area contributed by atoms with Gasteiger partial charge in [0.15, 0.2) is 0 Å². The van der Waals surface area contributed by atoms with Gasteiger partial charge in [-0.15, -0.1) is 0 Å². The molecule has 0 bridgehead atoms. The third kappa shape index (κ3) is 2.80. The zero-order valence-corrected chi connectivity index (χ0v) is 11.1. The summed E-state index contributed by atoms with van der Waals surface area (Å²) in [5, 5.41) is 11.9. The highest BCUT2D eigenvalue weighted by Crippen LogP contribution is 2.22. The largest absolute Gasteiger partial charge is 0.480 e. The van der Waals surface area contributed by atoms with E-state index in [-0.39, 0.29) is 31.6 Å². The highest BCUT2D eigenvalue weighted by molar-refractivity contribution is 5.99. The first kappa shape index (κ1) is 14.5. The Hall–Kier alpha value is -1.95. The van der Waals surface area contributed by atoms with E-state index in [1.165, 1.54) is 18.2 Å². The van der Waals surface area contributed by atoms with E-state index in [0.29, 0.717) is 5.56 Å². The first-order valence-electron chi connectivity index (χ1n) is 6.34. The number of carbonyl (C=O) groups is 2. The molecule has 1 fully saturated rings. The molecule has 1 aliphatic heterocycles. The number of benzene rings is 1. The number of carboxylic acid groups (broad SMARTS) is 1. The van der Waals surface area contributed by atoms with Crippen molar-refractivity contribution in [1.82, 2.24) is 5.32 Å². The number of halogens is 1. The van der Waals surface area contributed by atoms with Crippen molar-refractivity contribution in [1.29, 1.82) is 0 Å². The van der Waals surface area contributed by atoms with Crippen LogP contribution in [0.15, 0.2) is 18.2 Å². The lowest BCUT2D eigenvalue weighted by Gasteiger charge is -2.34. The number of rotatable bonds is 3. The molecule has 1 aliphatic rings. The SMILES string of the molecule is Cc1cc(F)ccc1C(=O)NC1(C(=O)O)CCOCC1. The highest BCUT2D eigenvalue weighted by Gasteiger charge is 2.41. The van der Waals surface area contributed by atoms with Gasteiger partial charge in [-0.2, -0.15) is 0 Å². The number of carboxylic acids is 1. The molecular weight excluding hydrogens is 265 g/mol. The number of nitrogens with one attached hydrogen (secondary N) is 1. The second-order valence-corrected chi connectivity index (χ2v) is 4.91. The average molecular weight is 281 g/mol. The van der Waals surface area contributed by atoms with Gasteiger partial charge in [-0.05, 0) is 30.7 Å². The monoisotopic (exact) mass is 281 g/mol. The summed E-state index contributed by atoms with van der Waals surface area (Å²) in [6, 6.07) is 3.78. The second-order valence-electron chi connectivity index (χ2n) is 4.91. The predicted octanol–water partition coefficient (Wildman–Crippen LogP) is 1.50. The molecule has 2 N–H and O–H groups in total. The van der Waals surface area contributed by atoms with Crippen molar-refractivity contribution in [2.45, 2.75) is 25.3 Å². The van der Waals surface area contributed by atoms with Crippen molar-refractivity contribution < 1.29 is 23.8 Å². The Balaban J connectivity index is 2.22. The molecule has 0 spiro atoms. The van der Waals surface area contributed by atoms with Crippen molar-refractivity contribution >= 4 is 11.9 Å². The van der Waals surface area contributed by atoms with Crippen LogP contribution in [0.1, 0.15) is 28.8 Å². The van der Waals surface area contributed by atoms with Gasteiger partial charge in [-0.1, -0.05) is 0 Å². The van der Waals surface area contributed by atoms with E-state index >= 15 is 0 Å². The van der Waals surface area contributed by atoms with E-state index in [1.54, 1.807) is 6.92 Å². The Kier molecular flexibility index (Phi) is 4.04. The van der Waals surface area contributed by atoms with Gasteiger partial charge in [-0.25, -0.2) is 9.18 Å². The molecule has 108 valence electrons. The maximum absolute atomic E-state index is 13.0. The molecule has 20 heavy (non-hydrogen) atoms. The number of ether oxygens (including phenoxy) is 1. The molecule has 1 saturated heterocycles. The molecule has 1 aromatic carbocycles. The minimum atomic E-state index is -1.31. The van der Waals surface area contributed by atoms with Crippen LogP contribution in [0.4, 0.5) is 4.39 Å². The molecule has 0 unspecified atom stereocenters. The van der Waals surface area contributed by atoms with Gasteiger partial charge >= 0.3 is 5.97 Å². The van der Waals surface area contributed by atoms with Crippen molar-refractivity contribution in [3.63, 3.8) is 0 Å². The Morgan fingerprint density at radius 1 is 1.35 bits per heavy atom. The Bertz CT molecular complexity index is 538. The van der Waals surface area contributed by atoms with Crippen LogP contribution in [0, 0.1) is 12.7 Å². The molecule has 1 heterocycles. The molecule has 0 saturated carbocycles. The lowest BCUT2D eigenvalue weighted by atomic mass is 9.89. The number of aliphatic carboxylic acids is 1. The minimum absolute atomic E-state index is 0.217. The van der Waals surface area contributed by atoms with E-state index in [4.69, 9.17) is 4.74 Å². The molecule has 1 aromatic rings. The van der Waals surface area contributed by atoms with Crippen LogP contribution >= 0.6 is 0 Å². The minimum Gasteiger partial charge on any atom is -0.480 e. The molecule has 0 radical (unpaired) electrons. The number of hydrogen-bond acceptors (Lipinski definition) is 3. The quantitative estimate of drug-likeness (QED) is 0.880. The van der Waals surface area contributed by atoms with Crippen LogP contribution in [0.3, 0.4) is 0 Å². The maximum Gasteiger partial charge on any atom is 0.329 e. The van der Waals surface area contributed by atoms with E-state index < -0.39 is 23.2 Å². The molecule has 6 heteroatoms. The zero-order valence-electron chi connectivity index (χ0n) is 11.1. The van der Waals surface area contributed by atoms with Crippen molar-refractivity contribution in [2.75, 3.05) is 13.2 Å². The smallest absolute Gasteiger partial charge is 0.329 e. The van der Waals surface area contributed by atoms with Gasteiger partial charge in [0, 0.05) is 31.6 Å². The number of aryl methyl sites for hydroxylation is 1. The summed E-state index contributed by atoms with van der Waals surface area (Å²) in [4.78, 5) is 23.7. The fourth-order valence-electron chi connectivity index (χ4n) is 2.28. The Morgan fingerprint density at radius 3 is 2.55 bits per heavy atom. The summed E-state index contributed by atoms with van der Waals surface area (Å²) in [7, 11) is 0. The molecule has 5 nitrogen and oxygen atoms in total. The van der Waals surface area contributed by atoms with Gasteiger partial charge in [0.1, 0.15) is 11.4 Å². The van der Waals surface area contributed by atoms with Crippen LogP contribution in [0.2, 0.25) is 0 Å². The standard InChI is InChI=1S/C14H16FNO4/c1-9-8-10(15)2-3-11(9)12(17)16-14(13(18)19)4-6-20-7-5-14/h2-3,8H,4-7H2,1H3,(H,16,17)(H,18,19). The molecule has 0 aliphatic carbocycles. The van der Waals surface area contributed by atoms with Crippen molar-refractivity contribution in [3.8, 4) is 0 Å². The second kappa shape index (κ2) is 5.58. The summed E-state index contributed by atoms with van der Waals surface area (Å²) >= 11 is 0. The molecule has 2 rings (SSSR count). The third-order valence-corrected chi connectivity index (χ3v) is 3.54. The predicted molar refractivity (Wildman–Crippen MR) is 69.0 cm³/mol. The van der Waals surface area contributed by atoms with Crippen LogP contribution in [-0.4, -0.2) is 35.7 Å². The highest BCUT2D eigenvalue weighted by atomic mass is 19.1. The molecular formula is C14H16FNO4. The topological polar surface area (TPSA) is 75.6 Å². The van der Waals surface area contributed by atoms with Gasteiger partial charge in [0.2, 0.25) is 0 Å². The summed E-state index contributed by atoms with van der Waals surface area (Å²) in [6.45, 7) is 2.18. The van der Waals surface area contributed by atoms with E-state index in [1.807, 2.05) is 0 Å². The third-order valence-electron chi connectivity index (χ3n) is 3.54. The summed E-state index contributed by atoms with van der Waals surface area (Å²) in [5.41, 5.74) is -0.565. The number of amides is 1. The molecule has 0 aromatic heterocycles. The number of hydrogen-bond donors (Lipinski definition) is 2. The van der Waals surface area contributed by atoms with E-state index in [9.17, 15) is 19.1 Å². The molecule has 0 atom stereocenters. The Morgan fingerprint density at radius 2 is 2.00 bits per heavy atom. The molecule has 1 amide bonds. The average Bonchev–Trinajstić information content (AvgIpc) is 2.39. The van der Waals surface area contributed by atoms with Crippen molar-refractivity contribution in [2.24, 2.45) is 0 Å². The maximum atomic E-state index is 13.0. The van der Waals surface area contributed by atoms with Crippen LogP contribution in [0.25, 0.3) is 0 Å². The van der Waals surface area contributed by atoms with Gasteiger partial charge in [0.05, 0.1) is 0 Å². The van der Waals surface area contributed by atoms with Crippen molar-refractivity contribution in [3.05, 3.63) is 35.1 Å². The summed E-state index contributed by atoms with van der Waals surface area (Å²) in [6.07, 6.45) is 0.433. The first-order valence-corrected chi connectivity index (χ1v) is 6.34. The van der Waals surface area contributed by atoms with Crippen LogP contribution in [-0.2, 0) is 9.53 Å². The van der Waals surface area contributed by atoms with Crippen LogP contribution in [0.5, 0.6) is 0 Å². The van der Waals surface area contributed by atoms with E-state index in [2.05, 4.69) is 5.32 Å². The summed E-state index contributed by atoms with van der Waals surface area (Å²) < 4.78 is 18.2. The fraction of sp³-hybridized carbons (Fsp3) is 0.429. The lowest BCUT2D eigenvalue weighted by molar-refractivity contribution is -0.148. The number of carbonyl (C=O) groups excluding carboxylic acids is 1. The van der Waals surface area contributed by atoms with Gasteiger partial charge in [0.25, 0.3) is 5.91 Å². The van der Waals surface area contributed by atoms with Gasteiger partial charge in [-0.3, -0.25) is 4.79 Å².